The van der Waals surface area contributed by atoms with Crippen molar-refractivity contribution in [2.45, 2.75) is 51.2 Å². The van der Waals surface area contributed by atoms with E-state index in [1.165, 1.54) is 24.4 Å². The molecule has 1 unspecified atom stereocenters. The Morgan fingerprint density at radius 3 is 2.55 bits per heavy atom. The van der Waals surface area contributed by atoms with E-state index in [4.69, 9.17) is 9.47 Å². The summed E-state index contributed by atoms with van der Waals surface area (Å²) in [4.78, 5) is 43.9. The maximum Gasteiger partial charge on any atom is 0.348 e. The Bertz CT molecular complexity index is 1160. The van der Waals surface area contributed by atoms with Crippen molar-refractivity contribution in [3.8, 4) is 0 Å². The molecule has 1 aromatic carbocycles. The lowest BCUT2D eigenvalue weighted by atomic mass is 9.98. The molecule has 2 aromatic heterocycles. The number of esters is 2. The van der Waals surface area contributed by atoms with Crippen LogP contribution in [0, 0.1) is 6.92 Å². The van der Waals surface area contributed by atoms with E-state index in [-0.39, 0.29) is 6.10 Å². The van der Waals surface area contributed by atoms with Gasteiger partial charge in [-0.2, -0.15) is 0 Å². The highest BCUT2D eigenvalue weighted by atomic mass is 32.1. The van der Waals surface area contributed by atoms with Crippen LogP contribution in [0.4, 0.5) is 0 Å². The van der Waals surface area contributed by atoms with Crippen LogP contribution in [0.25, 0.3) is 10.2 Å². The van der Waals surface area contributed by atoms with Gasteiger partial charge < -0.3 is 9.47 Å². The molecule has 1 aliphatic rings. The Morgan fingerprint density at radius 2 is 1.87 bits per heavy atom. The summed E-state index contributed by atoms with van der Waals surface area (Å²) in [6.07, 6.45) is 6.30. The fraction of sp³-hybridized carbons (Fsp3) is 0.391. The Hall–Kier alpha value is -3.00. The second-order valence-electron chi connectivity index (χ2n) is 7.70. The summed E-state index contributed by atoms with van der Waals surface area (Å²) in [7, 11) is 1.28. The first-order chi connectivity index (χ1) is 15.0. The molecule has 3 aromatic rings. The van der Waals surface area contributed by atoms with E-state index in [1.54, 1.807) is 31.2 Å². The number of carbonyl (C=O) groups excluding carboxylic acids is 2. The zero-order valence-electron chi connectivity index (χ0n) is 17.5. The van der Waals surface area contributed by atoms with Crippen molar-refractivity contribution in [2.24, 2.45) is 0 Å². The fourth-order valence-electron chi connectivity index (χ4n) is 4.06. The lowest BCUT2D eigenvalue weighted by molar-refractivity contribution is -0.143. The monoisotopic (exact) mass is 440 g/mol. The van der Waals surface area contributed by atoms with Gasteiger partial charge in [-0.1, -0.05) is 36.8 Å². The van der Waals surface area contributed by atoms with E-state index in [2.05, 4.69) is 4.98 Å². The average Bonchev–Trinajstić information content (AvgIpc) is 3.14. The van der Waals surface area contributed by atoms with Crippen molar-refractivity contribution in [3.05, 3.63) is 63.0 Å². The third kappa shape index (κ3) is 4.12. The van der Waals surface area contributed by atoms with Gasteiger partial charge in [-0.05, 0) is 43.7 Å². The molecule has 2 heterocycles. The number of methoxy groups -OCH3 is 1. The number of hydrogen-bond donors (Lipinski definition) is 0. The molecule has 1 aliphatic carbocycles. The van der Waals surface area contributed by atoms with Crippen LogP contribution >= 0.6 is 11.3 Å². The van der Waals surface area contributed by atoms with Crippen molar-refractivity contribution in [1.29, 1.82) is 0 Å². The van der Waals surface area contributed by atoms with Crippen LogP contribution in [-0.4, -0.2) is 34.7 Å². The molecule has 0 spiro atoms. The lowest BCUT2D eigenvalue weighted by Gasteiger charge is -2.21. The molecule has 162 valence electrons. The van der Waals surface area contributed by atoms with Crippen molar-refractivity contribution in [2.75, 3.05) is 7.11 Å². The van der Waals surface area contributed by atoms with E-state index in [0.717, 1.165) is 37.0 Å². The Morgan fingerprint density at radius 1 is 1.16 bits per heavy atom. The number of nitrogens with zero attached hydrogens (tertiary/aromatic N) is 2. The van der Waals surface area contributed by atoms with Gasteiger partial charge in [-0.15, -0.1) is 11.3 Å². The minimum absolute atomic E-state index is 0.0720. The Balaban J connectivity index is 1.75. The first-order valence-electron chi connectivity index (χ1n) is 10.3. The Labute approximate surface area is 183 Å². The van der Waals surface area contributed by atoms with Crippen LogP contribution in [0.15, 0.2) is 41.5 Å². The molecule has 0 saturated heterocycles. The van der Waals surface area contributed by atoms with E-state index in [1.807, 2.05) is 6.07 Å². The fourth-order valence-corrected chi connectivity index (χ4v) is 5.08. The van der Waals surface area contributed by atoms with Gasteiger partial charge in [-0.3, -0.25) is 9.36 Å². The van der Waals surface area contributed by atoms with Gasteiger partial charge in [0.1, 0.15) is 22.1 Å². The number of aryl methyl sites for hydroxylation is 1. The van der Waals surface area contributed by atoms with Gasteiger partial charge in [0, 0.05) is 0 Å². The number of thiophene rings is 1. The highest BCUT2D eigenvalue weighted by Gasteiger charge is 2.28. The maximum atomic E-state index is 13.4. The quantitative estimate of drug-likeness (QED) is 0.557. The smallest absolute Gasteiger partial charge is 0.348 e. The summed E-state index contributed by atoms with van der Waals surface area (Å²) in [5.74, 6) is -0.981. The first-order valence-corrected chi connectivity index (χ1v) is 11.2. The predicted molar refractivity (Wildman–Crippen MR) is 118 cm³/mol. The third-order valence-electron chi connectivity index (χ3n) is 5.71. The minimum Gasteiger partial charge on any atom is -0.467 e. The zero-order valence-corrected chi connectivity index (χ0v) is 18.3. The molecule has 31 heavy (non-hydrogen) atoms. The van der Waals surface area contributed by atoms with E-state index >= 15 is 0 Å². The summed E-state index contributed by atoms with van der Waals surface area (Å²) in [6.45, 7) is 1.72. The number of fused-ring (bicyclic) bond motifs is 1. The van der Waals surface area contributed by atoms with E-state index < -0.39 is 23.5 Å². The summed E-state index contributed by atoms with van der Waals surface area (Å²) < 4.78 is 11.9. The molecule has 1 saturated carbocycles. The normalized spacial score (nSPS) is 15.5. The zero-order chi connectivity index (χ0) is 22.0. The Kier molecular flexibility index (Phi) is 6.18. The second-order valence-corrected chi connectivity index (χ2v) is 8.69. The van der Waals surface area contributed by atoms with Crippen molar-refractivity contribution >= 4 is 33.5 Å². The first kappa shape index (κ1) is 21.2. The second kappa shape index (κ2) is 9.01. The van der Waals surface area contributed by atoms with Gasteiger partial charge in [0.25, 0.3) is 5.56 Å². The van der Waals surface area contributed by atoms with Crippen LogP contribution in [0.5, 0.6) is 0 Å². The molecule has 0 radical (unpaired) electrons. The molecular formula is C23H24N2O5S. The molecule has 1 atom stereocenters. The molecule has 0 N–H and O–H groups in total. The molecule has 0 amide bonds. The summed E-state index contributed by atoms with van der Waals surface area (Å²) in [5.41, 5.74) is 0.751. The number of ether oxygens (including phenoxy) is 2. The van der Waals surface area contributed by atoms with Crippen molar-refractivity contribution in [3.63, 3.8) is 0 Å². The topological polar surface area (TPSA) is 87.5 Å². The van der Waals surface area contributed by atoms with Crippen molar-refractivity contribution < 1.29 is 19.1 Å². The van der Waals surface area contributed by atoms with Crippen LogP contribution in [-0.2, 0) is 14.3 Å². The molecular weight excluding hydrogens is 416 g/mol. The van der Waals surface area contributed by atoms with E-state index in [9.17, 15) is 14.4 Å². The molecule has 4 rings (SSSR count). The largest absolute Gasteiger partial charge is 0.467 e. The summed E-state index contributed by atoms with van der Waals surface area (Å²) in [5, 5.41) is 0.327. The highest BCUT2D eigenvalue weighted by Crippen LogP contribution is 2.30. The van der Waals surface area contributed by atoms with Gasteiger partial charge >= 0.3 is 11.9 Å². The van der Waals surface area contributed by atoms with Gasteiger partial charge in [-0.25, -0.2) is 14.6 Å². The number of benzene rings is 1. The van der Waals surface area contributed by atoms with Gasteiger partial charge in [0.2, 0.25) is 0 Å². The highest BCUT2D eigenvalue weighted by molar-refractivity contribution is 7.20. The standard InChI is InChI=1S/C23H24N2O5S/c1-14-17-20(31-19(14)23(28)30-16-11-7-4-8-12-16)24-13-25(21(17)26)18(22(27)29-2)15-9-5-3-6-10-15/h3,5-6,9-10,13,16,18H,4,7-8,11-12H2,1-2H3. The summed E-state index contributed by atoms with van der Waals surface area (Å²) in [6, 6.07) is 7.95. The molecule has 8 heteroatoms. The van der Waals surface area contributed by atoms with Crippen LogP contribution in [0.3, 0.4) is 0 Å². The number of carbonyl (C=O) groups is 2. The van der Waals surface area contributed by atoms with Crippen LogP contribution in [0.2, 0.25) is 0 Å². The number of aromatic nitrogens is 2. The van der Waals surface area contributed by atoms with E-state index in [0.29, 0.717) is 26.2 Å². The SMILES string of the molecule is COC(=O)C(c1ccccc1)n1cnc2sc(C(=O)OC3CCCCC3)c(C)c2c1=O. The number of rotatable bonds is 5. The average molecular weight is 441 g/mol. The van der Waals surface area contributed by atoms with Crippen LogP contribution in [0.1, 0.15) is 58.9 Å². The third-order valence-corrected chi connectivity index (χ3v) is 6.89. The molecule has 0 aliphatic heterocycles. The molecule has 0 bridgehead atoms. The molecule has 1 fully saturated rings. The lowest BCUT2D eigenvalue weighted by Crippen LogP contribution is -2.31. The predicted octanol–water partition coefficient (Wildman–Crippen LogP) is 4.02. The van der Waals surface area contributed by atoms with Gasteiger partial charge in [0.05, 0.1) is 12.5 Å². The number of hydrogen-bond acceptors (Lipinski definition) is 7. The van der Waals surface area contributed by atoms with Crippen molar-refractivity contribution in [1.82, 2.24) is 9.55 Å². The maximum absolute atomic E-state index is 13.4. The minimum atomic E-state index is -0.965. The van der Waals surface area contributed by atoms with Crippen LogP contribution < -0.4 is 5.56 Å². The molecule has 7 nitrogen and oxygen atoms in total. The van der Waals surface area contributed by atoms with Gasteiger partial charge in [0.15, 0.2) is 6.04 Å². The summed E-state index contributed by atoms with van der Waals surface area (Å²) >= 11 is 1.15.